The minimum Gasteiger partial charge on any atom is -0.375 e. The van der Waals surface area contributed by atoms with E-state index in [1.807, 2.05) is 18.7 Å². The van der Waals surface area contributed by atoms with Crippen LogP contribution in [0.4, 0.5) is 0 Å². The number of piperazine rings is 1. The Labute approximate surface area is 99.5 Å². The van der Waals surface area contributed by atoms with Gasteiger partial charge in [0.1, 0.15) is 6.61 Å². The van der Waals surface area contributed by atoms with Gasteiger partial charge in [0.05, 0.1) is 0 Å². The fraction of sp³-hybridized carbons (Fsp3) is 0.917. The average Bonchev–Trinajstić information content (AvgIpc) is 2.19. The van der Waals surface area contributed by atoms with Crippen molar-refractivity contribution in [3.63, 3.8) is 0 Å². The molecule has 1 fully saturated rings. The molecule has 0 bridgehead atoms. The monoisotopic (exact) mass is 230 g/mol. The smallest absolute Gasteiger partial charge is 0.249 e. The van der Waals surface area contributed by atoms with E-state index >= 15 is 0 Å². The Morgan fingerprint density at radius 3 is 2.06 bits per heavy atom. The van der Waals surface area contributed by atoms with E-state index < -0.39 is 0 Å². The van der Waals surface area contributed by atoms with Gasteiger partial charge in [-0.2, -0.15) is 0 Å². The average molecular weight is 230 g/mol. The fourth-order valence-electron chi connectivity index (χ4n) is 2.28. The zero-order valence-electron chi connectivity index (χ0n) is 11.5. The second-order valence-corrected chi connectivity index (χ2v) is 4.15. The molecule has 0 aromatic rings. The van der Waals surface area contributed by atoms with Crippen LogP contribution in [0.25, 0.3) is 0 Å². The molecule has 0 aromatic heterocycles. The summed E-state index contributed by atoms with van der Waals surface area (Å²) in [6.07, 6.45) is 0. The van der Waals surface area contributed by atoms with Crippen LogP contribution in [0.3, 0.4) is 0 Å². The lowest BCUT2D eigenvalue weighted by Crippen LogP contribution is -2.58. The Bertz CT molecular complexity index is 197. The molecule has 16 heavy (non-hydrogen) atoms. The van der Waals surface area contributed by atoms with Gasteiger partial charge in [-0.3, -0.25) is 4.79 Å². The third kappa shape index (κ3) is 4.10. The fourth-order valence-corrected chi connectivity index (χ4v) is 2.28. The van der Waals surface area contributed by atoms with Crippen molar-refractivity contribution in [3.8, 4) is 0 Å². The number of nitrogens with zero attached hydrogens (tertiary/aromatic N) is 2. The Balaban J connectivity index is 0.00000106. The normalized spacial score (nSPS) is 26.0. The SMILES string of the molecule is CC.COCC(=O)N1C(C)CN(C)CC1C. The van der Waals surface area contributed by atoms with E-state index in [0.29, 0.717) is 0 Å². The van der Waals surface area contributed by atoms with Gasteiger partial charge < -0.3 is 14.5 Å². The van der Waals surface area contributed by atoms with Crippen molar-refractivity contribution < 1.29 is 9.53 Å². The van der Waals surface area contributed by atoms with E-state index in [1.54, 1.807) is 7.11 Å². The van der Waals surface area contributed by atoms with Gasteiger partial charge in [-0.05, 0) is 20.9 Å². The Kier molecular flexibility index (Phi) is 7.34. The van der Waals surface area contributed by atoms with Crippen molar-refractivity contribution in [1.29, 1.82) is 0 Å². The van der Waals surface area contributed by atoms with E-state index in [0.717, 1.165) is 13.1 Å². The molecule has 1 aliphatic heterocycles. The van der Waals surface area contributed by atoms with Gasteiger partial charge in [-0.1, -0.05) is 13.8 Å². The Morgan fingerprint density at radius 1 is 1.25 bits per heavy atom. The summed E-state index contributed by atoms with van der Waals surface area (Å²) in [6.45, 7) is 10.2. The van der Waals surface area contributed by atoms with E-state index in [1.165, 1.54) is 0 Å². The summed E-state index contributed by atoms with van der Waals surface area (Å²) in [4.78, 5) is 15.9. The quantitative estimate of drug-likeness (QED) is 0.715. The summed E-state index contributed by atoms with van der Waals surface area (Å²) in [7, 11) is 3.65. The molecule has 2 atom stereocenters. The first-order valence-corrected chi connectivity index (χ1v) is 6.05. The zero-order chi connectivity index (χ0) is 12.7. The highest BCUT2D eigenvalue weighted by molar-refractivity contribution is 5.78. The highest BCUT2D eigenvalue weighted by atomic mass is 16.5. The van der Waals surface area contributed by atoms with Crippen LogP contribution in [0.1, 0.15) is 27.7 Å². The number of rotatable bonds is 2. The number of likely N-dealkylation sites (N-methyl/N-ethyl adjacent to an activating group) is 1. The van der Waals surface area contributed by atoms with Crippen LogP contribution >= 0.6 is 0 Å². The molecule has 0 radical (unpaired) electrons. The van der Waals surface area contributed by atoms with Gasteiger partial charge in [-0.15, -0.1) is 0 Å². The van der Waals surface area contributed by atoms with Crippen LogP contribution in [-0.2, 0) is 9.53 Å². The van der Waals surface area contributed by atoms with Gasteiger partial charge in [0, 0.05) is 32.3 Å². The number of amides is 1. The summed E-state index contributed by atoms with van der Waals surface area (Å²) in [5.41, 5.74) is 0. The van der Waals surface area contributed by atoms with Crippen LogP contribution in [0, 0.1) is 0 Å². The third-order valence-corrected chi connectivity index (χ3v) is 2.66. The second kappa shape index (κ2) is 7.63. The summed E-state index contributed by atoms with van der Waals surface area (Å²) in [5.74, 6) is 0.0978. The molecule has 4 nitrogen and oxygen atoms in total. The Hall–Kier alpha value is -0.610. The zero-order valence-corrected chi connectivity index (χ0v) is 11.5. The Morgan fingerprint density at radius 2 is 1.69 bits per heavy atom. The van der Waals surface area contributed by atoms with E-state index in [4.69, 9.17) is 4.74 Å². The summed E-state index contributed by atoms with van der Waals surface area (Å²) >= 11 is 0. The van der Waals surface area contributed by atoms with Gasteiger partial charge in [0.25, 0.3) is 0 Å². The molecule has 1 heterocycles. The lowest BCUT2D eigenvalue weighted by atomic mass is 10.1. The number of methoxy groups -OCH3 is 1. The van der Waals surface area contributed by atoms with Crippen molar-refractivity contribution in [3.05, 3.63) is 0 Å². The highest BCUT2D eigenvalue weighted by Crippen LogP contribution is 2.14. The molecule has 1 saturated heterocycles. The number of hydrogen-bond donors (Lipinski definition) is 0. The number of carbonyl (C=O) groups excluding carboxylic acids is 1. The van der Waals surface area contributed by atoms with Crippen molar-refractivity contribution in [2.75, 3.05) is 33.9 Å². The summed E-state index contributed by atoms with van der Waals surface area (Å²) < 4.78 is 4.88. The van der Waals surface area contributed by atoms with Crippen LogP contribution in [0.5, 0.6) is 0 Å². The van der Waals surface area contributed by atoms with E-state index in [9.17, 15) is 4.79 Å². The largest absolute Gasteiger partial charge is 0.375 e. The van der Waals surface area contributed by atoms with Crippen LogP contribution in [0.15, 0.2) is 0 Å². The molecule has 0 N–H and O–H groups in total. The van der Waals surface area contributed by atoms with Gasteiger partial charge in [-0.25, -0.2) is 0 Å². The molecule has 4 heteroatoms. The maximum Gasteiger partial charge on any atom is 0.249 e. The predicted octanol–water partition coefficient (Wildman–Crippen LogP) is 1.21. The number of carbonyl (C=O) groups is 1. The van der Waals surface area contributed by atoms with Gasteiger partial charge >= 0.3 is 0 Å². The van der Waals surface area contributed by atoms with Crippen LogP contribution in [-0.4, -0.2) is 61.6 Å². The van der Waals surface area contributed by atoms with Crippen molar-refractivity contribution in [1.82, 2.24) is 9.80 Å². The first-order valence-electron chi connectivity index (χ1n) is 6.05. The van der Waals surface area contributed by atoms with Crippen LogP contribution in [0.2, 0.25) is 0 Å². The molecule has 96 valence electrons. The molecule has 1 amide bonds. The van der Waals surface area contributed by atoms with Crippen molar-refractivity contribution in [2.45, 2.75) is 39.8 Å². The number of ether oxygens (including phenoxy) is 1. The maximum atomic E-state index is 11.7. The minimum atomic E-state index is 0.0978. The first kappa shape index (κ1) is 15.4. The molecular weight excluding hydrogens is 204 g/mol. The molecule has 1 aliphatic rings. The molecule has 0 saturated carbocycles. The van der Waals surface area contributed by atoms with Gasteiger partial charge in [0.2, 0.25) is 5.91 Å². The third-order valence-electron chi connectivity index (χ3n) is 2.66. The molecule has 0 spiro atoms. The van der Waals surface area contributed by atoms with E-state index in [-0.39, 0.29) is 24.6 Å². The minimum absolute atomic E-state index is 0.0978. The number of hydrogen-bond acceptors (Lipinski definition) is 3. The summed E-state index contributed by atoms with van der Waals surface area (Å²) in [6, 6.07) is 0.567. The highest BCUT2D eigenvalue weighted by Gasteiger charge is 2.30. The summed E-state index contributed by atoms with van der Waals surface area (Å²) in [5, 5.41) is 0. The predicted molar refractivity (Wildman–Crippen MR) is 66.5 cm³/mol. The first-order chi connectivity index (χ1) is 7.56. The molecule has 1 rings (SSSR count). The lowest BCUT2D eigenvalue weighted by Gasteiger charge is -2.43. The standard InChI is InChI=1S/C10H20N2O2.C2H6/c1-8-5-11(3)6-9(2)12(8)10(13)7-14-4;1-2/h8-9H,5-7H2,1-4H3;1-2H3. The molecule has 2 unspecified atom stereocenters. The van der Waals surface area contributed by atoms with Crippen molar-refractivity contribution >= 4 is 5.91 Å². The second-order valence-electron chi connectivity index (χ2n) is 4.15. The van der Waals surface area contributed by atoms with E-state index in [2.05, 4.69) is 25.8 Å². The van der Waals surface area contributed by atoms with Gasteiger partial charge in [0.15, 0.2) is 0 Å². The lowest BCUT2D eigenvalue weighted by molar-refractivity contribution is -0.142. The maximum absolute atomic E-state index is 11.7. The molecule has 0 aromatic carbocycles. The van der Waals surface area contributed by atoms with Crippen LogP contribution < -0.4 is 0 Å². The molecule has 0 aliphatic carbocycles. The topological polar surface area (TPSA) is 32.8 Å². The molecular formula is C12H26N2O2. The van der Waals surface area contributed by atoms with Crippen molar-refractivity contribution in [2.24, 2.45) is 0 Å².